The highest BCUT2D eigenvalue weighted by molar-refractivity contribution is 7.20. The lowest BCUT2D eigenvalue weighted by Gasteiger charge is -2.17. The summed E-state index contributed by atoms with van der Waals surface area (Å²) in [6, 6.07) is 8.98. The Labute approximate surface area is 130 Å². The molecule has 0 unspecified atom stereocenters. The number of rotatable bonds is 3. The number of amides is 1. The molecule has 0 spiro atoms. The third-order valence-electron chi connectivity index (χ3n) is 2.54. The molecule has 0 saturated carbocycles. The van der Waals surface area contributed by atoms with Gasteiger partial charge in [0.05, 0.1) is 9.90 Å². The molecule has 0 aliphatic carbocycles. The lowest BCUT2D eigenvalue weighted by atomic mass is 10.2. The van der Waals surface area contributed by atoms with Crippen molar-refractivity contribution in [3.63, 3.8) is 0 Å². The van der Waals surface area contributed by atoms with Crippen LogP contribution in [0.5, 0.6) is 0 Å². The minimum absolute atomic E-state index is 0.159. The third kappa shape index (κ3) is 3.63. The molecule has 0 saturated heterocycles. The molecule has 0 fully saturated rings. The first-order chi connectivity index (χ1) is 8.97. The van der Waals surface area contributed by atoms with Gasteiger partial charge in [0.2, 0.25) is 0 Å². The van der Waals surface area contributed by atoms with Crippen LogP contribution >= 0.6 is 46.1 Å². The summed E-state index contributed by atoms with van der Waals surface area (Å²) in [6.07, 6.45) is 0. The first-order valence-electron chi connectivity index (χ1n) is 5.42. The molecule has 0 N–H and O–H groups in total. The second-order valence-corrected chi connectivity index (χ2v) is 6.75. The van der Waals surface area contributed by atoms with E-state index in [-0.39, 0.29) is 5.91 Å². The maximum Gasteiger partial charge on any atom is 0.256 e. The van der Waals surface area contributed by atoms with Crippen LogP contribution in [0.15, 0.2) is 30.3 Å². The number of carbonyl (C=O) groups is 1. The highest BCUT2D eigenvalue weighted by Crippen LogP contribution is 2.32. The van der Waals surface area contributed by atoms with Crippen LogP contribution in [0.3, 0.4) is 0 Å². The Bertz CT molecular complexity index is 612. The van der Waals surface area contributed by atoms with Crippen LogP contribution in [-0.4, -0.2) is 17.9 Å². The van der Waals surface area contributed by atoms with Crippen LogP contribution in [-0.2, 0) is 6.54 Å². The number of hydrogen-bond donors (Lipinski definition) is 0. The number of halogens is 3. The van der Waals surface area contributed by atoms with Crippen LogP contribution in [0.4, 0.5) is 0 Å². The van der Waals surface area contributed by atoms with Crippen molar-refractivity contribution < 1.29 is 4.79 Å². The summed E-state index contributed by atoms with van der Waals surface area (Å²) in [5, 5.41) is 0.648. The average molecular weight is 335 g/mol. The number of nitrogens with zero attached hydrogens (tertiary/aromatic N) is 1. The van der Waals surface area contributed by atoms with E-state index in [9.17, 15) is 4.79 Å². The number of carbonyl (C=O) groups excluding carboxylic acids is 1. The smallest absolute Gasteiger partial charge is 0.256 e. The van der Waals surface area contributed by atoms with Crippen molar-refractivity contribution in [3.05, 3.63) is 55.2 Å². The predicted molar refractivity (Wildman–Crippen MR) is 81.6 cm³/mol. The summed E-state index contributed by atoms with van der Waals surface area (Å²) in [4.78, 5) is 13.8. The van der Waals surface area contributed by atoms with Crippen molar-refractivity contribution in [2.45, 2.75) is 6.54 Å². The zero-order valence-corrected chi connectivity index (χ0v) is 13.1. The molecule has 100 valence electrons. The van der Waals surface area contributed by atoms with Crippen molar-refractivity contribution >= 4 is 52.0 Å². The van der Waals surface area contributed by atoms with Crippen molar-refractivity contribution in [1.29, 1.82) is 0 Å². The Morgan fingerprint density at radius 3 is 2.58 bits per heavy atom. The molecule has 19 heavy (non-hydrogen) atoms. The molecule has 0 bridgehead atoms. The highest BCUT2D eigenvalue weighted by atomic mass is 35.5. The fourth-order valence-electron chi connectivity index (χ4n) is 1.67. The maximum atomic E-state index is 12.2. The van der Waals surface area contributed by atoms with Crippen molar-refractivity contribution in [2.24, 2.45) is 0 Å². The molecule has 1 amide bonds. The summed E-state index contributed by atoms with van der Waals surface area (Å²) in [5.41, 5.74) is 1.39. The maximum absolute atomic E-state index is 12.2. The van der Waals surface area contributed by atoms with Gasteiger partial charge in [-0.05, 0) is 23.8 Å². The molecule has 6 heteroatoms. The minimum atomic E-state index is -0.159. The van der Waals surface area contributed by atoms with Gasteiger partial charge < -0.3 is 4.90 Å². The van der Waals surface area contributed by atoms with Gasteiger partial charge in [-0.25, -0.2) is 0 Å². The molecule has 0 aliphatic heterocycles. The zero-order chi connectivity index (χ0) is 14.0. The molecule has 0 radical (unpaired) electrons. The van der Waals surface area contributed by atoms with E-state index < -0.39 is 0 Å². The Hall–Kier alpha value is -0.740. The molecule has 2 rings (SSSR count). The number of hydrogen-bond acceptors (Lipinski definition) is 2. The average Bonchev–Trinajstić information content (AvgIpc) is 2.67. The summed E-state index contributed by atoms with van der Waals surface area (Å²) in [5.74, 6) is -0.159. The van der Waals surface area contributed by atoms with Crippen molar-refractivity contribution in [2.75, 3.05) is 7.05 Å². The van der Waals surface area contributed by atoms with E-state index in [0.717, 1.165) is 5.56 Å². The van der Waals surface area contributed by atoms with Crippen LogP contribution < -0.4 is 0 Å². The van der Waals surface area contributed by atoms with Crippen LogP contribution in [0.2, 0.25) is 13.7 Å². The quantitative estimate of drug-likeness (QED) is 0.775. The fourth-order valence-corrected chi connectivity index (χ4v) is 3.33. The van der Waals surface area contributed by atoms with E-state index >= 15 is 0 Å². The van der Waals surface area contributed by atoms with Gasteiger partial charge in [-0.3, -0.25) is 4.79 Å². The molecule has 0 aliphatic rings. The van der Waals surface area contributed by atoms with Gasteiger partial charge in [-0.15, -0.1) is 11.3 Å². The monoisotopic (exact) mass is 333 g/mol. The van der Waals surface area contributed by atoms with Gasteiger partial charge in [0.15, 0.2) is 0 Å². The second-order valence-electron chi connectivity index (χ2n) is 4.03. The number of benzene rings is 1. The Morgan fingerprint density at radius 2 is 2.00 bits per heavy atom. The molecular formula is C13H10Cl3NOS. The Balaban J connectivity index is 2.14. The van der Waals surface area contributed by atoms with Gasteiger partial charge >= 0.3 is 0 Å². The van der Waals surface area contributed by atoms with Gasteiger partial charge in [-0.1, -0.05) is 46.9 Å². The van der Waals surface area contributed by atoms with E-state index in [1.807, 2.05) is 18.2 Å². The second kappa shape index (κ2) is 6.14. The molecule has 2 nitrogen and oxygen atoms in total. The standard InChI is InChI=1S/C13H10Cl3NOS/c1-17(7-8-3-2-4-9(14)5-8)13(18)10-6-11(15)19-12(10)16/h2-6H,7H2,1H3. The van der Waals surface area contributed by atoms with E-state index in [1.165, 1.54) is 11.3 Å². The van der Waals surface area contributed by atoms with E-state index in [4.69, 9.17) is 34.8 Å². The fraction of sp³-hybridized carbons (Fsp3) is 0.154. The van der Waals surface area contributed by atoms with Crippen molar-refractivity contribution in [3.8, 4) is 0 Å². The van der Waals surface area contributed by atoms with Crippen molar-refractivity contribution in [1.82, 2.24) is 4.90 Å². The molecule has 1 aromatic carbocycles. The summed E-state index contributed by atoms with van der Waals surface area (Å²) >= 11 is 18.9. The largest absolute Gasteiger partial charge is 0.337 e. The lowest BCUT2D eigenvalue weighted by Crippen LogP contribution is -2.26. The lowest BCUT2D eigenvalue weighted by molar-refractivity contribution is 0.0786. The first-order valence-corrected chi connectivity index (χ1v) is 7.37. The number of thiophene rings is 1. The van der Waals surface area contributed by atoms with E-state index in [1.54, 1.807) is 24.1 Å². The molecular weight excluding hydrogens is 325 g/mol. The Kier molecular flexibility index (Phi) is 4.74. The summed E-state index contributed by atoms with van der Waals surface area (Å²) in [7, 11) is 1.71. The topological polar surface area (TPSA) is 20.3 Å². The van der Waals surface area contributed by atoms with Crippen LogP contribution in [0.25, 0.3) is 0 Å². The van der Waals surface area contributed by atoms with E-state index in [0.29, 0.717) is 25.8 Å². The van der Waals surface area contributed by atoms with Gasteiger partial charge in [-0.2, -0.15) is 0 Å². The first kappa shape index (κ1) is 14.7. The van der Waals surface area contributed by atoms with Gasteiger partial charge in [0, 0.05) is 18.6 Å². The SMILES string of the molecule is CN(Cc1cccc(Cl)c1)C(=O)c1cc(Cl)sc1Cl. The highest BCUT2D eigenvalue weighted by Gasteiger charge is 2.18. The molecule has 1 heterocycles. The zero-order valence-electron chi connectivity index (χ0n) is 9.99. The molecule has 1 aromatic heterocycles. The van der Waals surface area contributed by atoms with Gasteiger partial charge in [0.1, 0.15) is 4.34 Å². The summed E-state index contributed by atoms with van der Waals surface area (Å²) in [6.45, 7) is 0.461. The van der Waals surface area contributed by atoms with Gasteiger partial charge in [0.25, 0.3) is 5.91 Å². The minimum Gasteiger partial charge on any atom is -0.337 e. The Morgan fingerprint density at radius 1 is 1.26 bits per heavy atom. The predicted octanol–water partition coefficient (Wildman–Crippen LogP) is 4.98. The van der Waals surface area contributed by atoms with E-state index in [2.05, 4.69) is 0 Å². The molecule has 0 atom stereocenters. The normalized spacial score (nSPS) is 10.5. The summed E-state index contributed by atoms with van der Waals surface area (Å²) < 4.78 is 0.914. The molecule has 2 aromatic rings. The van der Waals surface area contributed by atoms with Crippen LogP contribution in [0.1, 0.15) is 15.9 Å². The third-order valence-corrected chi connectivity index (χ3v) is 4.27. The van der Waals surface area contributed by atoms with Crippen LogP contribution in [0, 0.1) is 0 Å².